The fourth-order valence-electron chi connectivity index (χ4n) is 2.25. The van der Waals surface area contributed by atoms with E-state index < -0.39 is 0 Å². The molecule has 0 aliphatic carbocycles. The van der Waals surface area contributed by atoms with Gasteiger partial charge in [0.05, 0.1) is 6.26 Å². The molecular formula is C20H23NO3. The van der Waals surface area contributed by atoms with Gasteiger partial charge in [0.2, 0.25) is 5.78 Å². The monoisotopic (exact) mass is 325 g/mol. The maximum absolute atomic E-state index is 12.3. The highest BCUT2D eigenvalue weighted by molar-refractivity contribution is 6.06. The van der Waals surface area contributed by atoms with Gasteiger partial charge in [0.15, 0.2) is 5.76 Å². The second kappa shape index (κ2) is 8.87. The topological polar surface area (TPSA) is 59.3 Å². The van der Waals surface area contributed by atoms with Gasteiger partial charge in [0.25, 0.3) is 0 Å². The predicted molar refractivity (Wildman–Crippen MR) is 94.5 cm³/mol. The van der Waals surface area contributed by atoms with Crippen molar-refractivity contribution < 1.29 is 14.0 Å². The maximum atomic E-state index is 12.3. The summed E-state index contributed by atoms with van der Waals surface area (Å²) in [6, 6.07) is 13.0. The molecule has 126 valence electrons. The molecular weight excluding hydrogens is 302 g/mol. The van der Waals surface area contributed by atoms with Gasteiger partial charge in [-0.1, -0.05) is 44.2 Å². The Morgan fingerprint density at radius 3 is 2.50 bits per heavy atom. The van der Waals surface area contributed by atoms with Gasteiger partial charge in [0, 0.05) is 30.7 Å². The Morgan fingerprint density at radius 2 is 1.88 bits per heavy atom. The van der Waals surface area contributed by atoms with Crippen LogP contribution in [-0.2, 0) is 4.79 Å². The van der Waals surface area contributed by atoms with Crippen molar-refractivity contribution in [1.29, 1.82) is 0 Å². The first kappa shape index (κ1) is 17.7. The van der Waals surface area contributed by atoms with Gasteiger partial charge in [-0.15, -0.1) is 0 Å². The minimum Gasteiger partial charge on any atom is -0.461 e. The second-order valence-electron chi connectivity index (χ2n) is 5.92. The lowest BCUT2D eigenvalue weighted by Gasteiger charge is -2.11. The molecule has 2 aromatic rings. The Labute approximate surface area is 142 Å². The van der Waals surface area contributed by atoms with Gasteiger partial charge in [-0.05, 0) is 24.1 Å². The molecule has 0 fully saturated rings. The Kier molecular flexibility index (Phi) is 6.55. The molecule has 4 heteroatoms. The van der Waals surface area contributed by atoms with Crippen LogP contribution in [0.2, 0.25) is 0 Å². The van der Waals surface area contributed by atoms with Gasteiger partial charge < -0.3 is 9.73 Å². The first-order valence-electron chi connectivity index (χ1n) is 8.19. The number of rotatable bonds is 9. The molecule has 0 bridgehead atoms. The molecule has 1 aromatic carbocycles. The number of Topliss-reactive ketones (excluding diaryl/α,β-unsaturated/α-hetero) is 1. The molecule has 24 heavy (non-hydrogen) atoms. The minimum atomic E-state index is -0.190. The van der Waals surface area contributed by atoms with Crippen LogP contribution < -0.4 is 5.32 Å². The molecule has 4 nitrogen and oxygen atoms in total. The van der Waals surface area contributed by atoms with E-state index in [2.05, 4.69) is 5.32 Å². The van der Waals surface area contributed by atoms with Gasteiger partial charge in [-0.2, -0.15) is 0 Å². The van der Waals surface area contributed by atoms with Crippen LogP contribution in [0.15, 0.2) is 59.2 Å². The molecule has 0 aliphatic rings. The minimum absolute atomic E-state index is 0.0645. The number of carbonyl (C=O) groups is 2. The van der Waals surface area contributed by atoms with Crippen LogP contribution in [0.25, 0.3) is 5.70 Å². The molecule has 1 N–H and O–H groups in total. The summed E-state index contributed by atoms with van der Waals surface area (Å²) in [7, 11) is 0. The van der Waals surface area contributed by atoms with E-state index in [1.165, 1.54) is 6.26 Å². The van der Waals surface area contributed by atoms with Gasteiger partial charge in [-0.25, -0.2) is 0 Å². The number of furan rings is 1. The molecule has 0 radical (unpaired) electrons. The third-order valence-electron chi connectivity index (χ3n) is 3.68. The van der Waals surface area contributed by atoms with E-state index in [9.17, 15) is 9.59 Å². The average molecular weight is 325 g/mol. The first-order chi connectivity index (χ1) is 11.6. The number of hydrogen-bond acceptors (Lipinski definition) is 4. The number of carbonyl (C=O) groups excluding carboxylic acids is 2. The number of hydrogen-bond donors (Lipinski definition) is 1. The van der Waals surface area contributed by atoms with E-state index in [1.807, 2.05) is 44.2 Å². The number of allylic oxidation sites excluding steroid dienone is 1. The van der Waals surface area contributed by atoms with E-state index in [0.717, 1.165) is 17.7 Å². The van der Waals surface area contributed by atoms with Crippen molar-refractivity contribution in [3.8, 4) is 0 Å². The molecule has 0 saturated carbocycles. The van der Waals surface area contributed by atoms with Crippen molar-refractivity contribution in [3.63, 3.8) is 0 Å². The average Bonchev–Trinajstić information content (AvgIpc) is 3.12. The Balaban J connectivity index is 2.04. The summed E-state index contributed by atoms with van der Waals surface area (Å²) < 4.78 is 5.15. The van der Waals surface area contributed by atoms with Crippen LogP contribution in [0.3, 0.4) is 0 Å². The second-order valence-corrected chi connectivity index (χ2v) is 5.92. The zero-order valence-electron chi connectivity index (χ0n) is 14.1. The van der Waals surface area contributed by atoms with E-state index >= 15 is 0 Å². The zero-order chi connectivity index (χ0) is 17.4. The number of ketones is 2. The molecule has 0 spiro atoms. The molecule has 2 rings (SSSR count). The smallest absolute Gasteiger partial charge is 0.223 e. The van der Waals surface area contributed by atoms with Crippen LogP contribution in [-0.4, -0.2) is 18.1 Å². The molecule has 1 heterocycles. The number of benzene rings is 1. The summed E-state index contributed by atoms with van der Waals surface area (Å²) in [5.74, 6) is 0.438. The van der Waals surface area contributed by atoms with Gasteiger partial charge in [-0.3, -0.25) is 9.59 Å². The maximum Gasteiger partial charge on any atom is 0.223 e. The molecule has 0 atom stereocenters. The lowest BCUT2D eigenvalue weighted by molar-refractivity contribution is -0.121. The lowest BCUT2D eigenvalue weighted by atomic mass is 10.0. The van der Waals surface area contributed by atoms with Crippen molar-refractivity contribution in [2.24, 2.45) is 5.92 Å². The van der Waals surface area contributed by atoms with Gasteiger partial charge in [0.1, 0.15) is 5.78 Å². The van der Waals surface area contributed by atoms with E-state index in [0.29, 0.717) is 18.7 Å². The highest BCUT2D eigenvalue weighted by Crippen LogP contribution is 2.14. The lowest BCUT2D eigenvalue weighted by Crippen LogP contribution is -2.17. The van der Waals surface area contributed by atoms with E-state index in [-0.39, 0.29) is 17.5 Å². The summed E-state index contributed by atoms with van der Waals surface area (Å²) in [6.45, 7) is 4.45. The van der Waals surface area contributed by atoms with Crippen molar-refractivity contribution in [2.75, 3.05) is 6.54 Å². The fraction of sp³-hybridized carbons (Fsp3) is 0.300. The third kappa shape index (κ3) is 5.23. The predicted octanol–water partition coefficient (Wildman–Crippen LogP) is 4.10. The summed E-state index contributed by atoms with van der Waals surface area (Å²) in [6.07, 6.45) is 4.29. The standard InChI is InChI=1S/C20H23NO3/c1-15(2)18(22)10-6-12-21-17(16-8-4-3-5-9-16)14-19(23)20-11-7-13-24-20/h3-5,7-9,11,13-15,21H,6,10,12H2,1-2H3/b17-14-. The first-order valence-corrected chi connectivity index (χ1v) is 8.19. The van der Waals surface area contributed by atoms with Crippen molar-refractivity contribution in [1.82, 2.24) is 5.32 Å². The van der Waals surface area contributed by atoms with E-state index in [4.69, 9.17) is 4.42 Å². The molecule has 0 unspecified atom stereocenters. The fourth-order valence-corrected chi connectivity index (χ4v) is 2.25. The van der Waals surface area contributed by atoms with Crippen LogP contribution in [0.1, 0.15) is 42.8 Å². The summed E-state index contributed by atoms with van der Waals surface area (Å²) in [5.41, 5.74) is 1.65. The van der Waals surface area contributed by atoms with Crippen LogP contribution in [0.5, 0.6) is 0 Å². The quantitative estimate of drug-likeness (QED) is 0.428. The van der Waals surface area contributed by atoms with Gasteiger partial charge >= 0.3 is 0 Å². The van der Waals surface area contributed by atoms with Crippen molar-refractivity contribution in [3.05, 3.63) is 66.1 Å². The SMILES string of the molecule is CC(C)C(=O)CCCN/C(=C\C(=O)c1ccco1)c1ccccc1. The third-order valence-corrected chi connectivity index (χ3v) is 3.68. The Bertz CT molecular complexity index is 685. The molecule has 0 amide bonds. The van der Waals surface area contributed by atoms with Crippen molar-refractivity contribution >= 4 is 17.3 Å². The van der Waals surface area contributed by atoms with Crippen LogP contribution >= 0.6 is 0 Å². The van der Waals surface area contributed by atoms with E-state index in [1.54, 1.807) is 18.2 Å². The van der Waals surface area contributed by atoms with Crippen LogP contribution in [0.4, 0.5) is 0 Å². The summed E-state index contributed by atoms with van der Waals surface area (Å²) in [5, 5.41) is 3.27. The Morgan fingerprint density at radius 1 is 1.12 bits per heavy atom. The van der Waals surface area contributed by atoms with Crippen LogP contribution in [0, 0.1) is 5.92 Å². The highest BCUT2D eigenvalue weighted by Gasteiger charge is 2.10. The highest BCUT2D eigenvalue weighted by atomic mass is 16.3. The largest absolute Gasteiger partial charge is 0.461 e. The zero-order valence-corrected chi connectivity index (χ0v) is 14.1. The normalized spacial score (nSPS) is 11.5. The van der Waals surface area contributed by atoms with Crippen molar-refractivity contribution in [2.45, 2.75) is 26.7 Å². The molecule has 1 aromatic heterocycles. The summed E-state index contributed by atoms with van der Waals surface area (Å²) >= 11 is 0. The molecule has 0 aliphatic heterocycles. The Hall–Kier alpha value is -2.62. The summed E-state index contributed by atoms with van der Waals surface area (Å²) in [4.78, 5) is 23.9. The number of nitrogens with one attached hydrogen (secondary N) is 1. The molecule has 0 saturated heterocycles.